The van der Waals surface area contributed by atoms with Gasteiger partial charge in [0.25, 0.3) is 0 Å². The third-order valence-corrected chi connectivity index (χ3v) is 5.13. The molecular formula is C14H20N2O2S. The summed E-state index contributed by atoms with van der Waals surface area (Å²) in [6.45, 7) is 3.96. The number of hydrogen-bond acceptors (Lipinski definition) is 3. The minimum absolute atomic E-state index is 0.00776. The summed E-state index contributed by atoms with van der Waals surface area (Å²) in [4.78, 5) is 0. The van der Waals surface area contributed by atoms with E-state index in [9.17, 15) is 8.42 Å². The summed E-state index contributed by atoms with van der Waals surface area (Å²) in [5, 5.41) is 8.70. The van der Waals surface area contributed by atoms with E-state index < -0.39 is 10.0 Å². The molecule has 5 heteroatoms. The number of sulfonamides is 1. The van der Waals surface area contributed by atoms with Crippen molar-refractivity contribution in [2.24, 2.45) is 0 Å². The van der Waals surface area contributed by atoms with E-state index >= 15 is 0 Å². The Labute approximate surface area is 115 Å². The molecule has 0 aliphatic rings. The largest absolute Gasteiger partial charge is 0.218 e. The first kappa shape index (κ1) is 15.7. The molecule has 0 N–H and O–H groups in total. The molecule has 4 nitrogen and oxygen atoms in total. The fraction of sp³-hybridized carbons (Fsp3) is 0.500. The van der Waals surface area contributed by atoms with E-state index in [1.807, 2.05) is 19.9 Å². The fourth-order valence-corrected chi connectivity index (χ4v) is 3.33. The van der Waals surface area contributed by atoms with Crippen LogP contribution in [-0.2, 0) is 15.8 Å². The van der Waals surface area contributed by atoms with Gasteiger partial charge in [0.15, 0.2) is 0 Å². The average Bonchev–Trinajstić information content (AvgIpc) is 2.38. The Hall–Kier alpha value is -1.38. The van der Waals surface area contributed by atoms with E-state index in [-0.39, 0.29) is 11.8 Å². The molecule has 1 rings (SSSR count). The van der Waals surface area contributed by atoms with Crippen molar-refractivity contribution in [3.63, 3.8) is 0 Å². The summed E-state index contributed by atoms with van der Waals surface area (Å²) in [5.74, 6) is -0.0245. The zero-order valence-corrected chi connectivity index (χ0v) is 12.4. The van der Waals surface area contributed by atoms with Gasteiger partial charge in [0.2, 0.25) is 10.0 Å². The van der Waals surface area contributed by atoms with Crippen LogP contribution in [0.4, 0.5) is 0 Å². The van der Waals surface area contributed by atoms with Crippen molar-refractivity contribution >= 4 is 10.0 Å². The van der Waals surface area contributed by atoms with Crippen LogP contribution in [0.15, 0.2) is 24.3 Å². The van der Waals surface area contributed by atoms with Crippen molar-refractivity contribution in [2.75, 3.05) is 7.05 Å². The number of benzene rings is 1. The molecule has 104 valence electrons. The topological polar surface area (TPSA) is 61.2 Å². The Morgan fingerprint density at radius 3 is 2.37 bits per heavy atom. The third-order valence-electron chi connectivity index (χ3n) is 3.20. The standard InChI is InChI=1S/C14H20N2O2S/c1-4-5-12(2)16(3)19(17,18)11-14-8-6-13(10-15)7-9-14/h6-9,12H,4-5,11H2,1-3H3. The molecule has 0 heterocycles. The van der Waals surface area contributed by atoms with E-state index in [1.54, 1.807) is 31.3 Å². The van der Waals surface area contributed by atoms with Crippen LogP contribution in [0.1, 0.15) is 37.8 Å². The fourth-order valence-electron chi connectivity index (χ4n) is 1.86. The van der Waals surface area contributed by atoms with E-state index in [0.29, 0.717) is 11.1 Å². The van der Waals surface area contributed by atoms with Gasteiger partial charge in [-0.2, -0.15) is 5.26 Å². The van der Waals surface area contributed by atoms with Gasteiger partial charge in [0, 0.05) is 13.1 Å². The monoisotopic (exact) mass is 280 g/mol. The summed E-state index contributed by atoms with van der Waals surface area (Å²) in [6.07, 6.45) is 1.81. The Morgan fingerprint density at radius 2 is 1.89 bits per heavy atom. The van der Waals surface area contributed by atoms with Crippen LogP contribution in [0, 0.1) is 11.3 Å². The van der Waals surface area contributed by atoms with Crippen molar-refractivity contribution in [3.8, 4) is 6.07 Å². The molecule has 0 spiro atoms. The summed E-state index contributed by atoms with van der Waals surface area (Å²) in [6, 6.07) is 8.68. The zero-order valence-electron chi connectivity index (χ0n) is 11.6. The summed E-state index contributed by atoms with van der Waals surface area (Å²) in [7, 11) is -1.68. The van der Waals surface area contributed by atoms with E-state index in [0.717, 1.165) is 12.8 Å². The van der Waals surface area contributed by atoms with Gasteiger partial charge < -0.3 is 0 Å². The molecule has 0 bridgehead atoms. The van der Waals surface area contributed by atoms with Crippen molar-refractivity contribution in [1.29, 1.82) is 5.26 Å². The highest BCUT2D eigenvalue weighted by atomic mass is 32.2. The van der Waals surface area contributed by atoms with Gasteiger partial charge in [-0.1, -0.05) is 25.5 Å². The molecule has 1 unspecified atom stereocenters. The molecule has 0 amide bonds. The molecule has 0 aliphatic carbocycles. The van der Waals surface area contributed by atoms with Crippen molar-refractivity contribution in [2.45, 2.75) is 38.5 Å². The maximum atomic E-state index is 12.2. The van der Waals surface area contributed by atoms with E-state index in [2.05, 4.69) is 0 Å². The van der Waals surface area contributed by atoms with Crippen molar-refractivity contribution in [1.82, 2.24) is 4.31 Å². The van der Waals surface area contributed by atoms with Gasteiger partial charge >= 0.3 is 0 Å². The van der Waals surface area contributed by atoms with E-state index in [1.165, 1.54) is 4.31 Å². The van der Waals surface area contributed by atoms with Crippen molar-refractivity contribution in [3.05, 3.63) is 35.4 Å². The maximum Gasteiger partial charge on any atom is 0.218 e. The molecule has 1 aromatic rings. The Bertz CT molecular complexity index is 544. The Kier molecular flexibility index (Phi) is 5.52. The molecule has 0 radical (unpaired) electrons. The lowest BCUT2D eigenvalue weighted by atomic mass is 10.2. The van der Waals surface area contributed by atoms with E-state index in [4.69, 9.17) is 5.26 Å². The second kappa shape index (κ2) is 6.69. The molecule has 19 heavy (non-hydrogen) atoms. The highest BCUT2D eigenvalue weighted by Crippen LogP contribution is 2.15. The molecule has 1 aromatic carbocycles. The SMILES string of the molecule is CCCC(C)N(C)S(=O)(=O)Cc1ccc(C#N)cc1. The van der Waals surface area contributed by atoms with Crippen LogP contribution < -0.4 is 0 Å². The van der Waals surface area contributed by atoms with Crippen LogP contribution in [0.3, 0.4) is 0 Å². The molecule has 1 atom stereocenters. The van der Waals surface area contributed by atoms with Crippen LogP contribution in [0.25, 0.3) is 0 Å². The predicted molar refractivity (Wildman–Crippen MR) is 75.9 cm³/mol. The minimum atomic E-state index is -3.30. The first-order valence-corrected chi connectivity index (χ1v) is 7.96. The first-order chi connectivity index (χ1) is 8.90. The molecule has 0 saturated heterocycles. The Balaban J connectivity index is 2.81. The highest BCUT2D eigenvalue weighted by Gasteiger charge is 2.22. The number of rotatable bonds is 6. The molecule has 0 aliphatic heterocycles. The van der Waals surface area contributed by atoms with Crippen LogP contribution in [0.2, 0.25) is 0 Å². The summed E-state index contributed by atoms with van der Waals surface area (Å²) < 4.78 is 25.9. The first-order valence-electron chi connectivity index (χ1n) is 6.35. The van der Waals surface area contributed by atoms with Crippen LogP contribution >= 0.6 is 0 Å². The molecular weight excluding hydrogens is 260 g/mol. The van der Waals surface area contributed by atoms with Gasteiger partial charge in [0.1, 0.15) is 0 Å². The van der Waals surface area contributed by atoms with Gasteiger partial charge in [-0.05, 0) is 31.0 Å². The normalized spacial score (nSPS) is 13.2. The Morgan fingerprint density at radius 1 is 1.32 bits per heavy atom. The average molecular weight is 280 g/mol. The van der Waals surface area contributed by atoms with Gasteiger partial charge in [-0.15, -0.1) is 0 Å². The summed E-state index contributed by atoms with van der Waals surface area (Å²) in [5.41, 5.74) is 1.24. The lowest BCUT2D eigenvalue weighted by molar-refractivity contribution is 0.368. The van der Waals surface area contributed by atoms with Crippen molar-refractivity contribution < 1.29 is 8.42 Å². The molecule has 0 aromatic heterocycles. The highest BCUT2D eigenvalue weighted by molar-refractivity contribution is 7.88. The lowest BCUT2D eigenvalue weighted by Crippen LogP contribution is -2.35. The number of nitrogens with zero attached hydrogens (tertiary/aromatic N) is 2. The number of hydrogen-bond donors (Lipinski definition) is 0. The molecule has 0 saturated carbocycles. The second-order valence-electron chi connectivity index (χ2n) is 4.72. The molecule has 0 fully saturated rings. The van der Waals surface area contributed by atoms with Gasteiger partial charge in [0.05, 0.1) is 17.4 Å². The zero-order chi connectivity index (χ0) is 14.5. The van der Waals surface area contributed by atoms with Crippen LogP contribution in [0.5, 0.6) is 0 Å². The smallest absolute Gasteiger partial charge is 0.212 e. The van der Waals surface area contributed by atoms with Gasteiger partial charge in [-0.3, -0.25) is 0 Å². The second-order valence-corrected chi connectivity index (χ2v) is 6.75. The van der Waals surface area contributed by atoms with Crippen LogP contribution in [-0.4, -0.2) is 25.8 Å². The number of nitriles is 1. The van der Waals surface area contributed by atoms with Gasteiger partial charge in [-0.25, -0.2) is 12.7 Å². The minimum Gasteiger partial charge on any atom is -0.212 e. The predicted octanol–water partition coefficient (Wildman–Crippen LogP) is 2.51. The summed E-state index contributed by atoms with van der Waals surface area (Å²) >= 11 is 0. The third kappa shape index (κ3) is 4.34. The lowest BCUT2D eigenvalue weighted by Gasteiger charge is -2.24. The maximum absolute atomic E-state index is 12.2. The quantitative estimate of drug-likeness (QED) is 0.804.